The number of carbonyl (C=O) groups is 2. The summed E-state index contributed by atoms with van der Waals surface area (Å²) in [5.74, 6) is 0.266. The van der Waals surface area contributed by atoms with Crippen LogP contribution in [0.25, 0.3) is 21.5 Å². The number of benzene rings is 3. The molecule has 0 radical (unpaired) electrons. The highest BCUT2D eigenvalue weighted by Crippen LogP contribution is 2.32. The Balaban J connectivity index is 1.27. The Labute approximate surface area is 232 Å². The van der Waals surface area contributed by atoms with Gasteiger partial charge in [0.1, 0.15) is 0 Å². The number of likely N-dealkylation sites (tertiary alicyclic amines) is 2. The van der Waals surface area contributed by atoms with Gasteiger partial charge in [-0.05, 0) is 80.6 Å². The van der Waals surface area contributed by atoms with Crippen LogP contribution in [0.15, 0.2) is 54.6 Å². The molecule has 2 heterocycles. The molecule has 0 saturated carbocycles. The second kappa shape index (κ2) is 11.4. The average Bonchev–Trinajstić information content (AvgIpc) is 2.95. The molecule has 6 nitrogen and oxygen atoms in total. The summed E-state index contributed by atoms with van der Waals surface area (Å²) in [6.07, 6.45) is 4.12. The molecule has 5 rings (SSSR count). The predicted molar refractivity (Wildman–Crippen MR) is 156 cm³/mol. The Morgan fingerprint density at radius 1 is 0.949 bits per heavy atom. The molecule has 2 fully saturated rings. The van der Waals surface area contributed by atoms with Crippen LogP contribution in [-0.2, 0) is 4.79 Å². The van der Waals surface area contributed by atoms with Gasteiger partial charge >= 0.3 is 0 Å². The maximum atomic E-state index is 13.9. The van der Waals surface area contributed by atoms with Crippen LogP contribution >= 0.6 is 0 Å². The Kier molecular flexibility index (Phi) is 7.91. The van der Waals surface area contributed by atoms with Gasteiger partial charge in [0.2, 0.25) is 5.91 Å². The summed E-state index contributed by atoms with van der Waals surface area (Å²) < 4.78 is 0. The molecule has 2 aliphatic rings. The number of fused-ring (bicyclic) bond motifs is 2. The number of hydrogen-bond donors (Lipinski definition) is 0. The van der Waals surface area contributed by atoms with Crippen molar-refractivity contribution in [3.63, 3.8) is 0 Å². The van der Waals surface area contributed by atoms with E-state index < -0.39 is 0 Å². The molecule has 2 saturated heterocycles. The first-order chi connectivity index (χ1) is 18.8. The minimum Gasteiger partial charge on any atom is -0.338 e. The largest absolute Gasteiger partial charge is 0.338 e. The van der Waals surface area contributed by atoms with Crippen molar-refractivity contribution in [3.05, 3.63) is 60.2 Å². The summed E-state index contributed by atoms with van der Waals surface area (Å²) >= 11 is 0. The summed E-state index contributed by atoms with van der Waals surface area (Å²) in [6, 6.07) is 21.1. The molecule has 204 valence electrons. The monoisotopic (exact) mass is 524 g/mol. The minimum absolute atomic E-state index is 0.0293. The zero-order chi connectivity index (χ0) is 27.6. The fourth-order valence-electron chi connectivity index (χ4n) is 6.53. The molecule has 3 aromatic rings. The lowest BCUT2D eigenvalue weighted by Crippen LogP contribution is -2.54. The highest BCUT2D eigenvalue weighted by molar-refractivity contribution is 6.18. The van der Waals surface area contributed by atoms with E-state index in [2.05, 4.69) is 62.1 Å². The second-order valence-electron chi connectivity index (χ2n) is 12.1. The van der Waals surface area contributed by atoms with Crippen LogP contribution in [0.5, 0.6) is 0 Å². The molecule has 3 aromatic carbocycles. The SMILES string of the molecule is CC(C)(C)N(CCC#N)C(=O)C1CCCN(C2CCN(C(=O)c3c4ccccc4cc4ccccc34)CC2)C1. The number of carbonyl (C=O) groups excluding carboxylic acids is 2. The Morgan fingerprint density at radius 2 is 1.56 bits per heavy atom. The third kappa shape index (κ3) is 5.65. The molecule has 0 aromatic heterocycles. The summed E-state index contributed by atoms with van der Waals surface area (Å²) in [5.41, 5.74) is 0.513. The first-order valence-corrected chi connectivity index (χ1v) is 14.4. The van der Waals surface area contributed by atoms with Crippen molar-refractivity contribution >= 4 is 33.4 Å². The standard InChI is InChI=1S/C33H40N4O2/c1-33(2,3)37(19-9-17-34)31(38)26-12-8-18-36(23-26)27-15-20-35(21-16-27)32(39)30-28-13-6-4-10-24(28)22-25-11-5-7-14-29(25)30/h4-7,10-11,13-14,22,26-27H,8-9,12,15-16,18-21,23H2,1-3H3. The van der Waals surface area contributed by atoms with Crippen LogP contribution in [0.2, 0.25) is 0 Å². The zero-order valence-corrected chi connectivity index (χ0v) is 23.5. The average molecular weight is 525 g/mol. The van der Waals surface area contributed by atoms with Crippen molar-refractivity contribution in [2.75, 3.05) is 32.7 Å². The number of piperidine rings is 2. The Morgan fingerprint density at radius 3 is 2.15 bits per heavy atom. The normalized spacial score (nSPS) is 19.2. The quantitative estimate of drug-likeness (QED) is 0.393. The van der Waals surface area contributed by atoms with Gasteiger partial charge < -0.3 is 9.80 Å². The van der Waals surface area contributed by atoms with Gasteiger partial charge in [0.25, 0.3) is 5.91 Å². The number of nitriles is 1. The summed E-state index contributed by atoms with van der Waals surface area (Å²) in [4.78, 5) is 33.9. The topological polar surface area (TPSA) is 67.7 Å². The van der Waals surface area contributed by atoms with Gasteiger partial charge in [-0.2, -0.15) is 5.26 Å². The number of rotatable bonds is 5. The maximum absolute atomic E-state index is 13.9. The van der Waals surface area contributed by atoms with Crippen LogP contribution in [0.1, 0.15) is 63.2 Å². The predicted octanol–water partition coefficient (Wildman–Crippen LogP) is 5.85. The van der Waals surface area contributed by atoms with Crippen LogP contribution in [0.3, 0.4) is 0 Å². The van der Waals surface area contributed by atoms with E-state index in [9.17, 15) is 9.59 Å². The van der Waals surface area contributed by atoms with E-state index in [0.717, 1.165) is 79.0 Å². The van der Waals surface area contributed by atoms with Crippen molar-refractivity contribution in [1.82, 2.24) is 14.7 Å². The van der Waals surface area contributed by atoms with Gasteiger partial charge in [-0.3, -0.25) is 14.5 Å². The van der Waals surface area contributed by atoms with Gasteiger partial charge in [0.15, 0.2) is 0 Å². The van der Waals surface area contributed by atoms with Crippen molar-refractivity contribution in [3.8, 4) is 6.07 Å². The molecule has 6 heteroatoms. The van der Waals surface area contributed by atoms with Crippen LogP contribution in [0.4, 0.5) is 0 Å². The number of nitrogens with zero attached hydrogens (tertiary/aromatic N) is 4. The molecule has 0 N–H and O–H groups in total. The van der Waals surface area contributed by atoms with E-state index in [1.54, 1.807) is 0 Å². The van der Waals surface area contributed by atoms with E-state index in [1.807, 2.05) is 34.1 Å². The second-order valence-corrected chi connectivity index (χ2v) is 12.1. The Bertz CT molecular complexity index is 1340. The first kappa shape index (κ1) is 27.1. The lowest BCUT2D eigenvalue weighted by Gasteiger charge is -2.44. The minimum atomic E-state index is -0.298. The summed E-state index contributed by atoms with van der Waals surface area (Å²) in [6.45, 7) is 9.87. The van der Waals surface area contributed by atoms with E-state index in [1.165, 1.54) is 0 Å². The van der Waals surface area contributed by atoms with Gasteiger partial charge in [0, 0.05) is 37.8 Å². The summed E-state index contributed by atoms with van der Waals surface area (Å²) in [7, 11) is 0. The Hall–Kier alpha value is -3.43. The number of amides is 2. The van der Waals surface area contributed by atoms with Gasteiger partial charge in [-0.15, -0.1) is 0 Å². The molecule has 2 aliphatic heterocycles. The van der Waals surface area contributed by atoms with E-state index in [0.29, 0.717) is 19.0 Å². The third-order valence-electron chi connectivity index (χ3n) is 8.58. The van der Waals surface area contributed by atoms with E-state index in [-0.39, 0.29) is 23.3 Å². The van der Waals surface area contributed by atoms with E-state index >= 15 is 0 Å². The fraction of sp³-hybridized carbons (Fsp3) is 0.485. The third-order valence-corrected chi connectivity index (χ3v) is 8.58. The van der Waals surface area contributed by atoms with Gasteiger partial charge in [-0.25, -0.2) is 0 Å². The van der Waals surface area contributed by atoms with Crippen LogP contribution < -0.4 is 0 Å². The molecule has 1 unspecified atom stereocenters. The van der Waals surface area contributed by atoms with Crippen molar-refractivity contribution in [2.45, 2.75) is 64.5 Å². The van der Waals surface area contributed by atoms with Crippen LogP contribution in [0, 0.1) is 17.2 Å². The zero-order valence-electron chi connectivity index (χ0n) is 23.5. The summed E-state index contributed by atoms with van der Waals surface area (Å²) in [5, 5.41) is 13.3. The lowest BCUT2D eigenvalue weighted by molar-refractivity contribution is -0.142. The highest BCUT2D eigenvalue weighted by atomic mass is 16.2. The fourth-order valence-corrected chi connectivity index (χ4v) is 6.53. The molecule has 1 atom stereocenters. The highest BCUT2D eigenvalue weighted by Gasteiger charge is 2.37. The van der Waals surface area contributed by atoms with Gasteiger partial charge in [0.05, 0.1) is 24.0 Å². The van der Waals surface area contributed by atoms with Crippen molar-refractivity contribution < 1.29 is 9.59 Å². The van der Waals surface area contributed by atoms with Crippen molar-refractivity contribution in [1.29, 1.82) is 5.26 Å². The number of hydrogen-bond acceptors (Lipinski definition) is 4. The molecule has 0 bridgehead atoms. The smallest absolute Gasteiger partial charge is 0.255 e. The lowest BCUT2D eigenvalue weighted by atomic mass is 9.91. The van der Waals surface area contributed by atoms with Gasteiger partial charge in [-0.1, -0.05) is 48.5 Å². The first-order valence-electron chi connectivity index (χ1n) is 14.4. The molecule has 2 amide bonds. The molecule has 39 heavy (non-hydrogen) atoms. The van der Waals surface area contributed by atoms with E-state index in [4.69, 9.17) is 5.26 Å². The molecular weight excluding hydrogens is 484 g/mol. The van der Waals surface area contributed by atoms with Crippen LogP contribution in [-0.4, -0.2) is 70.8 Å². The maximum Gasteiger partial charge on any atom is 0.255 e. The molecular formula is C33H40N4O2. The molecule has 0 aliphatic carbocycles. The van der Waals surface area contributed by atoms with Crippen molar-refractivity contribution in [2.24, 2.45) is 5.92 Å². The molecule has 0 spiro atoms.